The average molecular weight is 358 g/mol. The number of hydrogen-bond donors (Lipinski definition) is 2. The maximum absolute atomic E-state index is 12.3. The van der Waals surface area contributed by atoms with E-state index >= 15 is 0 Å². The highest BCUT2D eigenvalue weighted by atomic mass is 35.5. The number of nitrogens with one attached hydrogen (secondary N) is 1. The number of nitrogens with zero attached hydrogens (tertiary/aromatic N) is 1. The lowest BCUT2D eigenvalue weighted by Crippen LogP contribution is -2.49. The highest BCUT2D eigenvalue weighted by Crippen LogP contribution is 2.18. The Morgan fingerprint density at radius 1 is 1.43 bits per heavy atom. The number of thioether (sulfide) groups is 1. The Labute approximate surface area is 150 Å². The molecule has 0 aliphatic carbocycles. The molecule has 0 radical (unpaired) electrons. The van der Waals surface area contributed by atoms with Crippen LogP contribution in [-0.4, -0.2) is 48.0 Å². The molecule has 4 nitrogen and oxygen atoms in total. The number of carbonyl (C=O) groups is 1. The Kier molecular flexibility index (Phi) is 8.81. The van der Waals surface area contributed by atoms with Crippen molar-refractivity contribution in [3.05, 3.63) is 29.8 Å². The number of nitrogens with two attached hydrogens (primary N) is 1. The standard InChI is InChI=1S/C17H27N3OS.ClH/c1-13-4-3-5-15(12-13)19-14-6-9-20(10-7-14)17(21)16(18)8-11-22-2;/h3-5,12,14,16,19H,6-11,18H2,1-2H3;1H/t16-;/m0./s1. The summed E-state index contributed by atoms with van der Waals surface area (Å²) in [7, 11) is 0. The van der Waals surface area contributed by atoms with Crippen molar-refractivity contribution in [3.63, 3.8) is 0 Å². The SMILES string of the molecule is CSCC[C@H](N)C(=O)N1CCC(Nc2cccc(C)c2)CC1.Cl. The van der Waals surface area contributed by atoms with Crippen LogP contribution in [0.3, 0.4) is 0 Å². The van der Waals surface area contributed by atoms with Gasteiger partial charge < -0.3 is 16.0 Å². The number of carbonyl (C=O) groups excluding carboxylic acids is 1. The van der Waals surface area contributed by atoms with Gasteiger partial charge in [-0.1, -0.05) is 12.1 Å². The van der Waals surface area contributed by atoms with Crippen LogP contribution in [0.2, 0.25) is 0 Å². The Hall–Kier alpha value is -0.910. The summed E-state index contributed by atoms with van der Waals surface area (Å²) in [4.78, 5) is 14.2. The van der Waals surface area contributed by atoms with E-state index in [0.29, 0.717) is 6.04 Å². The Morgan fingerprint density at radius 2 is 2.13 bits per heavy atom. The number of likely N-dealkylation sites (tertiary alicyclic amines) is 1. The first-order chi connectivity index (χ1) is 10.6. The van der Waals surface area contributed by atoms with Gasteiger partial charge in [0.05, 0.1) is 6.04 Å². The Balaban J connectivity index is 0.00000264. The van der Waals surface area contributed by atoms with Gasteiger partial charge in [-0.3, -0.25) is 4.79 Å². The predicted molar refractivity (Wildman–Crippen MR) is 103 cm³/mol. The molecule has 23 heavy (non-hydrogen) atoms. The summed E-state index contributed by atoms with van der Waals surface area (Å²) in [5.41, 5.74) is 8.42. The number of anilines is 1. The quantitative estimate of drug-likeness (QED) is 0.821. The molecule has 2 rings (SSSR count). The lowest BCUT2D eigenvalue weighted by Gasteiger charge is -2.34. The van der Waals surface area contributed by atoms with Crippen molar-refractivity contribution in [2.24, 2.45) is 5.73 Å². The third kappa shape index (κ3) is 6.24. The normalized spacial score (nSPS) is 16.6. The molecule has 1 aliphatic heterocycles. The van der Waals surface area contributed by atoms with Gasteiger partial charge >= 0.3 is 0 Å². The molecule has 0 spiro atoms. The minimum atomic E-state index is -0.339. The number of hydrogen-bond acceptors (Lipinski definition) is 4. The molecule has 1 aromatic carbocycles. The lowest BCUT2D eigenvalue weighted by molar-refractivity contribution is -0.133. The molecule has 0 saturated carbocycles. The minimum Gasteiger partial charge on any atom is -0.382 e. The van der Waals surface area contributed by atoms with Crippen molar-refractivity contribution in [3.8, 4) is 0 Å². The first-order valence-corrected chi connectivity index (χ1v) is 9.36. The zero-order valence-electron chi connectivity index (χ0n) is 14.0. The van der Waals surface area contributed by atoms with E-state index in [1.807, 2.05) is 11.2 Å². The van der Waals surface area contributed by atoms with Crippen molar-refractivity contribution in [1.82, 2.24) is 4.90 Å². The largest absolute Gasteiger partial charge is 0.382 e. The van der Waals surface area contributed by atoms with Crippen LogP contribution in [0.25, 0.3) is 0 Å². The number of piperidine rings is 1. The van der Waals surface area contributed by atoms with Crippen LogP contribution in [0.1, 0.15) is 24.8 Å². The molecule has 1 aromatic rings. The summed E-state index contributed by atoms with van der Waals surface area (Å²) in [5, 5.41) is 3.57. The van der Waals surface area contributed by atoms with Crippen molar-refractivity contribution in [1.29, 1.82) is 0 Å². The fourth-order valence-corrected chi connectivity index (χ4v) is 3.31. The summed E-state index contributed by atoms with van der Waals surface area (Å²) in [5.74, 6) is 1.06. The predicted octanol–water partition coefficient (Wildman–Crippen LogP) is 2.90. The van der Waals surface area contributed by atoms with E-state index in [2.05, 4.69) is 36.5 Å². The van der Waals surface area contributed by atoms with Gasteiger partial charge in [0.15, 0.2) is 0 Å². The molecule has 1 aliphatic rings. The molecule has 3 N–H and O–H groups in total. The van der Waals surface area contributed by atoms with Crippen molar-refractivity contribution < 1.29 is 4.79 Å². The third-order valence-electron chi connectivity index (χ3n) is 4.15. The molecule has 0 unspecified atom stereocenters. The second-order valence-electron chi connectivity index (χ2n) is 6.00. The topological polar surface area (TPSA) is 58.4 Å². The molecule has 0 aromatic heterocycles. The van der Waals surface area contributed by atoms with Gasteiger partial charge in [-0.25, -0.2) is 0 Å². The number of rotatable bonds is 6. The molecule has 130 valence electrons. The first kappa shape index (κ1) is 20.1. The first-order valence-electron chi connectivity index (χ1n) is 7.96. The Bertz CT molecular complexity index is 492. The molecule has 1 saturated heterocycles. The molecular weight excluding hydrogens is 330 g/mol. The van der Waals surface area contributed by atoms with Crippen molar-refractivity contribution in [2.75, 3.05) is 30.4 Å². The van der Waals surface area contributed by atoms with Gasteiger partial charge in [0.2, 0.25) is 5.91 Å². The van der Waals surface area contributed by atoms with E-state index in [1.54, 1.807) is 11.8 Å². The van der Waals surface area contributed by atoms with Crippen LogP contribution in [-0.2, 0) is 4.79 Å². The van der Waals surface area contributed by atoms with Crippen molar-refractivity contribution >= 4 is 35.8 Å². The van der Waals surface area contributed by atoms with Crippen molar-refractivity contribution in [2.45, 2.75) is 38.3 Å². The number of halogens is 1. The van der Waals surface area contributed by atoms with Crippen LogP contribution >= 0.6 is 24.2 Å². The number of aryl methyl sites for hydroxylation is 1. The molecule has 1 amide bonds. The molecule has 1 heterocycles. The van der Waals surface area contributed by atoms with Gasteiger partial charge in [-0.05, 0) is 55.9 Å². The van der Waals surface area contributed by atoms with Gasteiger partial charge in [0.1, 0.15) is 0 Å². The summed E-state index contributed by atoms with van der Waals surface area (Å²) in [6.45, 7) is 3.70. The molecule has 6 heteroatoms. The molecule has 1 atom stereocenters. The second-order valence-corrected chi connectivity index (χ2v) is 6.99. The monoisotopic (exact) mass is 357 g/mol. The molecule has 0 bridgehead atoms. The smallest absolute Gasteiger partial charge is 0.239 e. The van der Waals surface area contributed by atoms with E-state index in [1.165, 1.54) is 11.3 Å². The summed E-state index contributed by atoms with van der Waals surface area (Å²) in [6.07, 6.45) is 4.77. The van der Waals surface area contributed by atoms with E-state index in [4.69, 9.17) is 5.73 Å². The van der Waals surface area contributed by atoms with Crippen LogP contribution in [0.4, 0.5) is 5.69 Å². The molecule has 1 fully saturated rings. The third-order valence-corrected chi connectivity index (χ3v) is 4.79. The zero-order valence-corrected chi connectivity index (χ0v) is 15.6. The highest BCUT2D eigenvalue weighted by molar-refractivity contribution is 7.98. The second kappa shape index (κ2) is 10.1. The number of amides is 1. The van der Waals surface area contributed by atoms with E-state index in [9.17, 15) is 4.79 Å². The average Bonchev–Trinajstić information content (AvgIpc) is 2.52. The Morgan fingerprint density at radius 3 is 2.74 bits per heavy atom. The van der Waals surface area contributed by atoms with E-state index in [-0.39, 0.29) is 24.4 Å². The fraction of sp³-hybridized carbons (Fsp3) is 0.588. The zero-order chi connectivity index (χ0) is 15.9. The fourth-order valence-electron chi connectivity index (χ4n) is 2.82. The van der Waals surface area contributed by atoms with Gasteiger partial charge in [0, 0.05) is 24.8 Å². The lowest BCUT2D eigenvalue weighted by atomic mass is 10.0. The van der Waals surface area contributed by atoms with Gasteiger partial charge in [-0.15, -0.1) is 12.4 Å². The summed E-state index contributed by atoms with van der Waals surface area (Å²) in [6, 6.07) is 8.53. The summed E-state index contributed by atoms with van der Waals surface area (Å²) >= 11 is 1.74. The van der Waals surface area contributed by atoms with E-state index < -0.39 is 0 Å². The highest BCUT2D eigenvalue weighted by Gasteiger charge is 2.25. The van der Waals surface area contributed by atoms with E-state index in [0.717, 1.165) is 38.1 Å². The van der Waals surface area contributed by atoms with Crippen LogP contribution in [0.15, 0.2) is 24.3 Å². The van der Waals surface area contributed by atoms with Crippen LogP contribution in [0, 0.1) is 6.92 Å². The molecular formula is C17H28ClN3OS. The number of benzene rings is 1. The van der Waals surface area contributed by atoms with Gasteiger partial charge in [-0.2, -0.15) is 11.8 Å². The van der Waals surface area contributed by atoms with Crippen LogP contribution in [0.5, 0.6) is 0 Å². The van der Waals surface area contributed by atoms with Crippen LogP contribution < -0.4 is 11.1 Å². The maximum atomic E-state index is 12.3. The maximum Gasteiger partial charge on any atom is 0.239 e. The van der Waals surface area contributed by atoms with Gasteiger partial charge in [0.25, 0.3) is 0 Å². The summed E-state index contributed by atoms with van der Waals surface area (Å²) < 4.78 is 0. The minimum absolute atomic E-state index is 0.